The predicted molar refractivity (Wildman–Crippen MR) is 95.4 cm³/mol. The van der Waals surface area contributed by atoms with Crippen LogP contribution in [-0.4, -0.2) is 46.9 Å². The van der Waals surface area contributed by atoms with E-state index in [0.717, 1.165) is 0 Å². The number of nitrogens with one attached hydrogen (secondary N) is 2. The first-order valence-electron chi connectivity index (χ1n) is 8.27. The minimum atomic E-state index is -0.422. The van der Waals surface area contributed by atoms with Gasteiger partial charge in [0.25, 0.3) is 0 Å². The minimum absolute atomic E-state index is 0. The van der Waals surface area contributed by atoms with Crippen molar-refractivity contribution < 1.29 is 18.8 Å². The van der Waals surface area contributed by atoms with Gasteiger partial charge in [0.05, 0.1) is 6.10 Å². The number of nitrogens with zero attached hydrogens (tertiary/aromatic N) is 2. The molecule has 0 spiro atoms. The van der Waals surface area contributed by atoms with E-state index in [1.165, 1.54) is 6.07 Å². The van der Waals surface area contributed by atoms with Crippen LogP contribution < -0.4 is 10.6 Å². The third-order valence-electron chi connectivity index (χ3n) is 4.33. The molecule has 0 bridgehead atoms. The van der Waals surface area contributed by atoms with Crippen LogP contribution in [0.5, 0.6) is 0 Å². The van der Waals surface area contributed by atoms with Gasteiger partial charge in [-0.25, -0.2) is 4.39 Å². The average molecular weight is 385 g/mol. The van der Waals surface area contributed by atoms with Crippen LogP contribution in [0.4, 0.5) is 4.39 Å². The molecule has 2 unspecified atom stereocenters. The Morgan fingerprint density at radius 1 is 1.46 bits per heavy atom. The first-order valence-corrected chi connectivity index (χ1v) is 8.27. The molecule has 2 heterocycles. The molecule has 1 aromatic heterocycles. The van der Waals surface area contributed by atoms with Crippen molar-refractivity contribution in [1.82, 2.24) is 20.8 Å². The Kier molecular flexibility index (Phi) is 7.07. The number of β-amino-alcohol motifs (C(OH)–C–C–N with tert-alkyl or cyclic N) is 1. The van der Waals surface area contributed by atoms with Crippen LogP contribution in [0.15, 0.2) is 22.7 Å². The van der Waals surface area contributed by atoms with Crippen LogP contribution in [0, 0.1) is 18.7 Å². The Hall–Kier alpha value is -2.03. The van der Waals surface area contributed by atoms with Gasteiger partial charge in [-0.3, -0.25) is 4.79 Å². The van der Waals surface area contributed by atoms with Crippen LogP contribution in [-0.2, 0) is 11.2 Å². The number of rotatable bonds is 6. The number of benzene rings is 1. The van der Waals surface area contributed by atoms with Crippen molar-refractivity contribution in [3.8, 4) is 11.4 Å². The quantitative estimate of drug-likeness (QED) is 0.692. The Balaban J connectivity index is 0.00000243. The van der Waals surface area contributed by atoms with Gasteiger partial charge in [0.2, 0.25) is 17.6 Å². The second-order valence-corrected chi connectivity index (χ2v) is 6.27. The highest BCUT2D eigenvalue weighted by atomic mass is 35.5. The molecular formula is C17H22ClFN4O3. The van der Waals surface area contributed by atoms with E-state index >= 15 is 0 Å². The summed E-state index contributed by atoms with van der Waals surface area (Å²) < 4.78 is 18.7. The molecule has 7 nitrogen and oxygen atoms in total. The fourth-order valence-electron chi connectivity index (χ4n) is 2.69. The van der Waals surface area contributed by atoms with Crippen molar-refractivity contribution >= 4 is 18.3 Å². The topological polar surface area (TPSA) is 100 Å². The predicted octanol–water partition coefficient (Wildman–Crippen LogP) is 1.24. The zero-order valence-corrected chi connectivity index (χ0v) is 15.2. The molecule has 1 fully saturated rings. The summed E-state index contributed by atoms with van der Waals surface area (Å²) in [5, 5.41) is 19.4. The molecule has 26 heavy (non-hydrogen) atoms. The van der Waals surface area contributed by atoms with E-state index in [1.54, 1.807) is 19.1 Å². The standard InChI is InChI=1S/C17H21FN4O3.ClH/c1-10-2-3-11(6-13(10)18)17-21-16(25-22-17)5-4-15(24)20-8-12-7-19-9-14(12)23;/h2-3,6,12,14,19,23H,4-5,7-9H2,1H3,(H,20,24);1H. The molecule has 1 aliphatic rings. The van der Waals surface area contributed by atoms with E-state index in [0.29, 0.717) is 48.9 Å². The molecule has 1 aromatic carbocycles. The fourth-order valence-corrected chi connectivity index (χ4v) is 2.69. The Morgan fingerprint density at radius 3 is 2.96 bits per heavy atom. The highest BCUT2D eigenvalue weighted by molar-refractivity contribution is 5.85. The van der Waals surface area contributed by atoms with Crippen molar-refractivity contribution in [2.24, 2.45) is 5.92 Å². The van der Waals surface area contributed by atoms with Gasteiger partial charge >= 0.3 is 0 Å². The van der Waals surface area contributed by atoms with Gasteiger partial charge in [0.1, 0.15) is 5.82 Å². The summed E-state index contributed by atoms with van der Waals surface area (Å²) in [6, 6.07) is 4.73. The van der Waals surface area contributed by atoms with Crippen LogP contribution >= 0.6 is 12.4 Å². The SMILES string of the molecule is Cc1ccc(-c2noc(CCC(=O)NCC3CNCC3O)n2)cc1F.Cl. The lowest BCUT2D eigenvalue weighted by Gasteiger charge is -2.13. The number of amides is 1. The van der Waals surface area contributed by atoms with Gasteiger partial charge in [-0.1, -0.05) is 17.3 Å². The van der Waals surface area contributed by atoms with Crippen LogP contribution in [0.2, 0.25) is 0 Å². The summed E-state index contributed by atoms with van der Waals surface area (Å²) in [6.07, 6.45) is 0.0902. The number of hydrogen-bond acceptors (Lipinski definition) is 6. The number of halogens is 2. The number of aliphatic hydroxyl groups is 1. The first kappa shape index (κ1) is 20.3. The summed E-state index contributed by atoms with van der Waals surface area (Å²) in [6.45, 7) is 3.37. The monoisotopic (exact) mass is 384 g/mol. The van der Waals surface area contributed by atoms with Gasteiger partial charge in [-0.15, -0.1) is 12.4 Å². The molecule has 1 aliphatic heterocycles. The van der Waals surface area contributed by atoms with Crippen molar-refractivity contribution in [2.45, 2.75) is 25.9 Å². The summed E-state index contributed by atoms with van der Waals surface area (Å²) in [5.74, 6) is 0.200. The van der Waals surface area contributed by atoms with Gasteiger partial charge < -0.3 is 20.3 Å². The van der Waals surface area contributed by atoms with E-state index < -0.39 is 6.10 Å². The lowest BCUT2D eigenvalue weighted by atomic mass is 10.1. The third kappa shape index (κ3) is 5.00. The molecule has 9 heteroatoms. The second-order valence-electron chi connectivity index (χ2n) is 6.27. The maximum absolute atomic E-state index is 13.6. The Bertz CT molecular complexity index is 755. The molecular weight excluding hydrogens is 363 g/mol. The summed E-state index contributed by atoms with van der Waals surface area (Å²) in [5.41, 5.74) is 1.08. The zero-order valence-electron chi connectivity index (χ0n) is 14.4. The number of aromatic nitrogens is 2. The van der Waals surface area contributed by atoms with Crippen LogP contribution in [0.25, 0.3) is 11.4 Å². The first-order chi connectivity index (χ1) is 12.0. The number of carbonyl (C=O) groups excluding carboxylic acids is 1. The summed E-state index contributed by atoms with van der Waals surface area (Å²) in [4.78, 5) is 16.1. The summed E-state index contributed by atoms with van der Waals surface area (Å²) in [7, 11) is 0. The van der Waals surface area contributed by atoms with E-state index in [9.17, 15) is 14.3 Å². The molecule has 1 saturated heterocycles. The number of hydrogen-bond donors (Lipinski definition) is 3. The molecule has 2 aromatic rings. The molecule has 3 N–H and O–H groups in total. The molecule has 0 saturated carbocycles. The second kappa shape index (κ2) is 9.07. The highest BCUT2D eigenvalue weighted by Crippen LogP contribution is 2.19. The van der Waals surface area contributed by atoms with Gasteiger partial charge in [0.15, 0.2) is 0 Å². The molecule has 2 atom stereocenters. The van der Waals surface area contributed by atoms with Crippen LogP contribution in [0.3, 0.4) is 0 Å². The smallest absolute Gasteiger partial charge is 0.227 e. The van der Waals surface area contributed by atoms with Crippen molar-refractivity contribution in [2.75, 3.05) is 19.6 Å². The molecule has 0 radical (unpaired) electrons. The third-order valence-corrected chi connectivity index (χ3v) is 4.33. The van der Waals surface area contributed by atoms with Crippen LogP contribution in [0.1, 0.15) is 17.9 Å². The normalized spacial score (nSPS) is 19.2. The zero-order chi connectivity index (χ0) is 17.8. The van der Waals surface area contributed by atoms with E-state index in [4.69, 9.17) is 4.52 Å². The lowest BCUT2D eigenvalue weighted by molar-refractivity contribution is -0.121. The van der Waals surface area contributed by atoms with Gasteiger partial charge in [-0.05, 0) is 18.6 Å². The van der Waals surface area contributed by atoms with E-state index in [-0.39, 0.29) is 36.5 Å². The van der Waals surface area contributed by atoms with Gasteiger partial charge in [0, 0.05) is 44.0 Å². The van der Waals surface area contributed by atoms with Crippen molar-refractivity contribution in [3.05, 3.63) is 35.5 Å². The average Bonchev–Trinajstić information content (AvgIpc) is 3.22. The fraction of sp³-hybridized carbons (Fsp3) is 0.471. The summed E-state index contributed by atoms with van der Waals surface area (Å²) >= 11 is 0. The maximum Gasteiger partial charge on any atom is 0.227 e. The number of aliphatic hydroxyl groups excluding tert-OH is 1. The highest BCUT2D eigenvalue weighted by Gasteiger charge is 2.25. The van der Waals surface area contributed by atoms with Crippen molar-refractivity contribution in [1.29, 1.82) is 0 Å². The Labute approximate surface area is 156 Å². The molecule has 1 amide bonds. The number of aryl methyl sites for hydroxylation is 2. The largest absolute Gasteiger partial charge is 0.391 e. The number of carbonyl (C=O) groups is 1. The maximum atomic E-state index is 13.6. The van der Waals surface area contributed by atoms with Crippen molar-refractivity contribution in [3.63, 3.8) is 0 Å². The molecule has 3 rings (SSSR count). The lowest BCUT2D eigenvalue weighted by Crippen LogP contribution is -2.34. The van der Waals surface area contributed by atoms with E-state index in [2.05, 4.69) is 20.8 Å². The van der Waals surface area contributed by atoms with Gasteiger partial charge in [-0.2, -0.15) is 4.98 Å². The Morgan fingerprint density at radius 2 is 2.27 bits per heavy atom. The van der Waals surface area contributed by atoms with E-state index in [1.807, 2.05) is 0 Å². The minimum Gasteiger partial charge on any atom is -0.391 e. The molecule has 0 aliphatic carbocycles. The molecule has 142 valence electrons.